The number of carbonyl (C=O) groups is 2. The van der Waals surface area contributed by atoms with Crippen LogP contribution in [0.15, 0.2) is 95.7 Å². The van der Waals surface area contributed by atoms with Gasteiger partial charge in [-0.05, 0) is 66.6 Å². The minimum atomic E-state index is -0.342. The van der Waals surface area contributed by atoms with Gasteiger partial charge in [-0.15, -0.1) is 0 Å². The number of carbonyl (C=O) groups excluding carboxylic acids is 2. The Hall–Kier alpha value is -4.19. The number of nitrogens with zero attached hydrogens (tertiary/aromatic N) is 2. The van der Waals surface area contributed by atoms with Crippen LogP contribution < -0.4 is 5.32 Å². The fourth-order valence-electron chi connectivity index (χ4n) is 3.36. The van der Waals surface area contributed by atoms with Crippen molar-refractivity contribution in [1.29, 1.82) is 0 Å². The van der Waals surface area contributed by atoms with Gasteiger partial charge in [-0.2, -0.15) is 0 Å². The molecule has 0 atom stereocenters. The summed E-state index contributed by atoms with van der Waals surface area (Å²) in [5, 5.41) is 2.76. The average Bonchev–Trinajstić information content (AvgIpc) is 3.36. The predicted octanol–water partition coefficient (Wildman–Crippen LogP) is 5.08. The highest BCUT2D eigenvalue weighted by Gasteiger charge is 2.18. The van der Waals surface area contributed by atoms with Crippen LogP contribution in [0.2, 0.25) is 0 Å². The van der Waals surface area contributed by atoms with Gasteiger partial charge in [0.15, 0.2) is 5.76 Å². The van der Waals surface area contributed by atoms with E-state index in [0.29, 0.717) is 24.3 Å². The highest BCUT2D eigenvalue weighted by atomic mass is 16.3. The van der Waals surface area contributed by atoms with Crippen LogP contribution in [0.4, 0.5) is 5.69 Å². The number of furan rings is 1. The molecule has 0 unspecified atom stereocenters. The van der Waals surface area contributed by atoms with Gasteiger partial charge in [0.1, 0.15) is 0 Å². The van der Waals surface area contributed by atoms with Crippen LogP contribution in [0.1, 0.15) is 37.7 Å². The average molecular weight is 425 g/mol. The van der Waals surface area contributed by atoms with E-state index in [2.05, 4.69) is 10.3 Å². The first-order chi connectivity index (χ1) is 15.6. The third kappa shape index (κ3) is 5.10. The summed E-state index contributed by atoms with van der Waals surface area (Å²) >= 11 is 0. The lowest BCUT2D eigenvalue weighted by Crippen LogP contribution is -2.30. The number of anilines is 1. The van der Waals surface area contributed by atoms with Gasteiger partial charge in [-0.1, -0.05) is 30.3 Å². The first-order valence-electron chi connectivity index (χ1n) is 10.3. The maximum atomic E-state index is 13.4. The summed E-state index contributed by atoms with van der Waals surface area (Å²) in [6.07, 6.45) is 3.17. The lowest BCUT2D eigenvalue weighted by molar-refractivity contribution is 0.0727. The van der Waals surface area contributed by atoms with E-state index in [4.69, 9.17) is 4.42 Å². The van der Waals surface area contributed by atoms with Crippen LogP contribution in [0.25, 0.3) is 0 Å². The summed E-state index contributed by atoms with van der Waals surface area (Å²) < 4.78 is 5.10. The molecule has 4 aromatic rings. The number of nitrogens with one attached hydrogen (secondary N) is 1. The largest absolute Gasteiger partial charge is 0.459 e. The van der Waals surface area contributed by atoms with Crippen molar-refractivity contribution < 1.29 is 14.0 Å². The number of pyridine rings is 1. The predicted molar refractivity (Wildman–Crippen MR) is 122 cm³/mol. The summed E-state index contributed by atoms with van der Waals surface area (Å²) in [6, 6.07) is 23.8. The molecule has 0 bridgehead atoms. The molecule has 0 aliphatic heterocycles. The molecule has 0 saturated heterocycles. The summed E-state index contributed by atoms with van der Waals surface area (Å²) in [7, 11) is 0. The topological polar surface area (TPSA) is 75.4 Å². The van der Waals surface area contributed by atoms with Gasteiger partial charge in [0.05, 0.1) is 18.5 Å². The minimum absolute atomic E-state index is 0.109. The van der Waals surface area contributed by atoms with Crippen LogP contribution in [0.5, 0.6) is 0 Å². The maximum absolute atomic E-state index is 13.4. The number of aryl methyl sites for hydroxylation is 1. The number of benzene rings is 2. The normalized spacial score (nSPS) is 10.5. The van der Waals surface area contributed by atoms with Crippen molar-refractivity contribution in [2.75, 3.05) is 5.32 Å². The Bertz CT molecular complexity index is 1190. The molecule has 32 heavy (non-hydrogen) atoms. The van der Waals surface area contributed by atoms with Crippen LogP contribution in [-0.2, 0) is 13.1 Å². The van der Waals surface area contributed by atoms with Gasteiger partial charge < -0.3 is 14.6 Å². The van der Waals surface area contributed by atoms with E-state index in [1.807, 2.05) is 49.4 Å². The van der Waals surface area contributed by atoms with Crippen molar-refractivity contribution in [2.24, 2.45) is 0 Å². The zero-order chi connectivity index (χ0) is 22.3. The first kappa shape index (κ1) is 21.1. The number of hydrogen-bond acceptors (Lipinski definition) is 4. The van der Waals surface area contributed by atoms with Gasteiger partial charge in [0, 0.05) is 24.0 Å². The van der Waals surface area contributed by atoms with Crippen LogP contribution in [-0.4, -0.2) is 21.7 Å². The van der Waals surface area contributed by atoms with E-state index < -0.39 is 0 Å². The molecule has 2 aromatic heterocycles. The van der Waals surface area contributed by atoms with Gasteiger partial charge >= 0.3 is 0 Å². The van der Waals surface area contributed by atoms with Crippen molar-refractivity contribution in [3.8, 4) is 0 Å². The second kappa shape index (κ2) is 9.75. The Labute approximate surface area is 186 Å². The van der Waals surface area contributed by atoms with E-state index in [1.54, 1.807) is 47.5 Å². The molecule has 0 saturated carbocycles. The lowest BCUT2D eigenvalue weighted by atomic mass is 10.1. The summed E-state index contributed by atoms with van der Waals surface area (Å²) in [4.78, 5) is 31.7. The number of rotatable bonds is 7. The molecule has 4 rings (SSSR count). The Morgan fingerprint density at radius 1 is 0.906 bits per heavy atom. The van der Waals surface area contributed by atoms with Gasteiger partial charge in [-0.25, -0.2) is 0 Å². The smallest absolute Gasteiger partial charge is 0.291 e. The standard InChI is InChI=1S/C26H23N3O3/c1-19-7-2-3-8-21(19)17-29(18-23-9-4-5-15-27-23)26(31)20-11-13-22(14-12-20)28-25(30)24-10-6-16-32-24/h2-16H,17-18H2,1H3,(H,28,30). The van der Waals surface area contributed by atoms with E-state index in [0.717, 1.165) is 16.8 Å². The Morgan fingerprint density at radius 3 is 2.38 bits per heavy atom. The van der Waals surface area contributed by atoms with Gasteiger partial charge in [0.2, 0.25) is 0 Å². The van der Waals surface area contributed by atoms with Crippen molar-refractivity contribution in [1.82, 2.24) is 9.88 Å². The maximum Gasteiger partial charge on any atom is 0.291 e. The number of amides is 2. The fourth-order valence-corrected chi connectivity index (χ4v) is 3.36. The first-order valence-corrected chi connectivity index (χ1v) is 10.3. The molecule has 0 aliphatic rings. The van der Waals surface area contributed by atoms with Crippen LogP contribution in [0, 0.1) is 6.92 Å². The van der Waals surface area contributed by atoms with E-state index in [1.165, 1.54) is 6.26 Å². The summed E-state index contributed by atoms with van der Waals surface area (Å²) in [6.45, 7) is 2.90. The minimum Gasteiger partial charge on any atom is -0.459 e. The zero-order valence-electron chi connectivity index (χ0n) is 17.7. The van der Waals surface area contributed by atoms with Gasteiger partial charge in [0.25, 0.3) is 11.8 Å². The fraction of sp³-hybridized carbons (Fsp3) is 0.115. The molecule has 0 fully saturated rings. The number of aromatic nitrogens is 1. The van der Waals surface area contributed by atoms with Crippen molar-refractivity contribution in [3.05, 3.63) is 119 Å². The van der Waals surface area contributed by atoms with E-state index in [9.17, 15) is 9.59 Å². The highest BCUT2D eigenvalue weighted by molar-refractivity contribution is 6.02. The summed E-state index contributed by atoms with van der Waals surface area (Å²) in [5.74, 6) is -0.224. The monoisotopic (exact) mass is 425 g/mol. The third-order valence-electron chi connectivity index (χ3n) is 5.12. The molecule has 160 valence electrons. The molecule has 6 heteroatoms. The molecule has 1 N–H and O–H groups in total. The molecule has 0 spiro atoms. The molecule has 2 heterocycles. The molecular formula is C26H23N3O3. The summed E-state index contributed by atoms with van der Waals surface area (Å²) in [5.41, 5.74) is 4.14. The number of hydrogen-bond donors (Lipinski definition) is 1. The molecular weight excluding hydrogens is 402 g/mol. The van der Waals surface area contributed by atoms with E-state index in [-0.39, 0.29) is 17.6 Å². The quantitative estimate of drug-likeness (QED) is 0.448. The Balaban J connectivity index is 1.53. The molecule has 2 aromatic carbocycles. The van der Waals surface area contributed by atoms with Crippen LogP contribution in [0.3, 0.4) is 0 Å². The highest BCUT2D eigenvalue weighted by Crippen LogP contribution is 2.18. The second-order valence-electron chi connectivity index (χ2n) is 7.42. The molecule has 6 nitrogen and oxygen atoms in total. The Morgan fingerprint density at radius 2 is 1.69 bits per heavy atom. The van der Waals surface area contributed by atoms with Crippen molar-refractivity contribution in [3.63, 3.8) is 0 Å². The second-order valence-corrected chi connectivity index (χ2v) is 7.42. The SMILES string of the molecule is Cc1ccccc1CN(Cc1ccccn1)C(=O)c1ccc(NC(=O)c2ccco2)cc1. The third-order valence-corrected chi connectivity index (χ3v) is 5.12. The zero-order valence-corrected chi connectivity index (χ0v) is 17.7. The molecule has 0 aliphatic carbocycles. The van der Waals surface area contributed by atoms with E-state index >= 15 is 0 Å². The van der Waals surface area contributed by atoms with Crippen molar-refractivity contribution in [2.45, 2.75) is 20.0 Å². The lowest BCUT2D eigenvalue weighted by Gasteiger charge is -2.24. The van der Waals surface area contributed by atoms with Crippen molar-refractivity contribution >= 4 is 17.5 Å². The van der Waals surface area contributed by atoms with Crippen LogP contribution >= 0.6 is 0 Å². The molecule has 2 amide bonds. The molecule has 0 radical (unpaired) electrons. The van der Waals surface area contributed by atoms with Gasteiger partial charge in [-0.3, -0.25) is 14.6 Å². The Kier molecular flexibility index (Phi) is 6.41.